The first-order valence-electron chi connectivity index (χ1n) is 6.93. The molecule has 0 radical (unpaired) electrons. The number of carbonyl (C=O) groups is 3. The zero-order valence-electron chi connectivity index (χ0n) is 12.6. The molecule has 0 saturated carbocycles. The van der Waals surface area contributed by atoms with Crippen molar-refractivity contribution in [2.45, 2.75) is 51.5 Å². The maximum absolute atomic E-state index is 11.4. The van der Waals surface area contributed by atoms with Gasteiger partial charge in [-0.2, -0.15) is 0 Å². The van der Waals surface area contributed by atoms with Crippen molar-refractivity contribution in [2.75, 3.05) is 12.0 Å². The minimum atomic E-state index is -3.44. The van der Waals surface area contributed by atoms with Crippen LogP contribution in [0.2, 0.25) is 0 Å². The lowest BCUT2D eigenvalue weighted by Crippen LogP contribution is -2.46. The molecule has 3 N–H and O–H groups in total. The van der Waals surface area contributed by atoms with Crippen LogP contribution in [-0.4, -0.2) is 44.1 Å². The van der Waals surface area contributed by atoms with Crippen molar-refractivity contribution in [1.29, 1.82) is 0 Å². The molecule has 122 valence electrons. The Morgan fingerprint density at radius 3 is 2.24 bits per heavy atom. The highest BCUT2D eigenvalue weighted by atomic mass is 32.2. The third-order valence-corrected chi connectivity index (χ3v) is 3.70. The molecule has 1 atom stereocenters. The van der Waals surface area contributed by atoms with Crippen molar-refractivity contribution < 1.29 is 22.8 Å². The highest BCUT2D eigenvalue weighted by Crippen LogP contribution is 2.07. The highest BCUT2D eigenvalue weighted by molar-refractivity contribution is 7.91. The van der Waals surface area contributed by atoms with E-state index in [4.69, 9.17) is 5.73 Å². The molecule has 21 heavy (non-hydrogen) atoms. The molecule has 0 aromatic rings. The van der Waals surface area contributed by atoms with Crippen LogP contribution in [-0.2, 0) is 24.2 Å². The minimum Gasteiger partial charge on any atom is -0.368 e. The third kappa shape index (κ3) is 10.9. The lowest BCUT2D eigenvalue weighted by molar-refractivity contribution is -0.126. The van der Waals surface area contributed by atoms with Crippen molar-refractivity contribution in [2.24, 2.45) is 5.73 Å². The number of primary amides is 1. The summed E-state index contributed by atoms with van der Waals surface area (Å²) in [4.78, 5) is 33.8. The lowest BCUT2D eigenvalue weighted by atomic mass is 10.0. The van der Waals surface area contributed by atoms with Crippen molar-refractivity contribution in [3.8, 4) is 0 Å². The van der Waals surface area contributed by atoms with Gasteiger partial charge in [0.15, 0.2) is 9.84 Å². The summed E-state index contributed by atoms with van der Waals surface area (Å²) < 4.78 is 22.0. The molecular formula is C13H24N2O5S. The fourth-order valence-electron chi connectivity index (χ4n) is 1.78. The van der Waals surface area contributed by atoms with Gasteiger partial charge in [0.1, 0.15) is 17.6 Å². The minimum absolute atomic E-state index is 0.197. The van der Waals surface area contributed by atoms with Crippen LogP contribution in [0, 0.1) is 0 Å². The Kier molecular flexibility index (Phi) is 8.84. The number of nitrogens with two attached hydrogens (primary N) is 1. The largest absolute Gasteiger partial charge is 0.368 e. The topological polar surface area (TPSA) is 123 Å². The first-order valence-corrected chi connectivity index (χ1v) is 9.00. The van der Waals surface area contributed by atoms with Gasteiger partial charge in [0.25, 0.3) is 0 Å². The van der Waals surface area contributed by atoms with E-state index in [9.17, 15) is 22.8 Å². The number of hydrogen-bond acceptors (Lipinski definition) is 5. The van der Waals surface area contributed by atoms with Crippen molar-refractivity contribution in [3.63, 3.8) is 0 Å². The van der Waals surface area contributed by atoms with Gasteiger partial charge < -0.3 is 11.1 Å². The molecule has 0 rings (SSSR count). The summed E-state index contributed by atoms with van der Waals surface area (Å²) in [6.07, 6.45) is 4.42. The number of rotatable bonds is 11. The highest BCUT2D eigenvalue weighted by Gasteiger charge is 2.19. The number of unbranched alkanes of at least 4 members (excludes halogenated alkanes) is 2. The average Bonchev–Trinajstić information content (AvgIpc) is 2.34. The van der Waals surface area contributed by atoms with Crippen LogP contribution in [0.5, 0.6) is 0 Å². The molecule has 0 aliphatic carbocycles. The molecule has 0 aliphatic rings. The summed E-state index contributed by atoms with van der Waals surface area (Å²) in [7, 11) is -3.44. The van der Waals surface area contributed by atoms with Gasteiger partial charge in [0, 0.05) is 19.1 Å². The second-order valence-corrected chi connectivity index (χ2v) is 7.22. The van der Waals surface area contributed by atoms with E-state index in [1.807, 2.05) is 6.92 Å². The van der Waals surface area contributed by atoms with Crippen LogP contribution in [0.4, 0.5) is 0 Å². The zero-order valence-corrected chi connectivity index (χ0v) is 13.4. The Morgan fingerprint density at radius 1 is 1.14 bits per heavy atom. The molecular weight excluding hydrogens is 296 g/mol. The predicted octanol–water partition coefficient (Wildman–Crippen LogP) is -0.0693. The maximum atomic E-state index is 11.4. The molecule has 0 heterocycles. The summed E-state index contributed by atoms with van der Waals surface area (Å²) in [6, 6.07) is -0.874. The monoisotopic (exact) mass is 320 g/mol. The average molecular weight is 320 g/mol. The van der Waals surface area contributed by atoms with Crippen molar-refractivity contribution in [3.05, 3.63) is 0 Å². The SMILES string of the molecule is CCC(=O)CCCCCC(NC(=O)CS(C)(=O)=O)C(N)=O. The molecule has 0 aromatic heterocycles. The number of sulfone groups is 1. The van der Waals surface area contributed by atoms with Crippen molar-refractivity contribution in [1.82, 2.24) is 5.32 Å². The van der Waals surface area contributed by atoms with E-state index in [1.54, 1.807) is 0 Å². The van der Waals surface area contributed by atoms with Gasteiger partial charge in [-0.15, -0.1) is 0 Å². The Morgan fingerprint density at radius 2 is 1.76 bits per heavy atom. The van der Waals surface area contributed by atoms with Gasteiger partial charge >= 0.3 is 0 Å². The molecule has 2 amide bonds. The number of nitrogens with one attached hydrogen (secondary N) is 1. The molecule has 8 heteroatoms. The smallest absolute Gasteiger partial charge is 0.239 e. The Labute approximate surface area is 125 Å². The van der Waals surface area contributed by atoms with Crippen LogP contribution in [0.1, 0.15) is 45.4 Å². The first-order chi connectivity index (χ1) is 9.65. The summed E-state index contributed by atoms with van der Waals surface area (Å²) >= 11 is 0. The fourth-order valence-corrected chi connectivity index (χ4v) is 2.34. The molecule has 0 aromatic carbocycles. The number of amides is 2. The molecule has 7 nitrogen and oxygen atoms in total. The standard InChI is InChI=1S/C13H24N2O5S/c1-3-10(16)7-5-4-6-8-11(13(14)18)15-12(17)9-21(2,19)20/h11H,3-9H2,1-2H3,(H2,14,18)(H,15,17). The molecule has 0 bridgehead atoms. The van der Waals surface area contributed by atoms with Gasteiger partial charge in [-0.3, -0.25) is 14.4 Å². The lowest BCUT2D eigenvalue weighted by Gasteiger charge is -2.15. The number of Topliss-reactive ketones (excluding diaryl/α,β-unsaturated/α-hetero) is 1. The molecule has 1 unspecified atom stereocenters. The van der Waals surface area contributed by atoms with Gasteiger partial charge in [-0.25, -0.2) is 8.42 Å². The Bertz CT molecular complexity index is 473. The number of carbonyl (C=O) groups excluding carboxylic acids is 3. The van der Waals surface area contributed by atoms with Crippen LogP contribution >= 0.6 is 0 Å². The van der Waals surface area contributed by atoms with Crippen molar-refractivity contribution >= 4 is 27.4 Å². The first kappa shape index (κ1) is 19.6. The maximum Gasteiger partial charge on any atom is 0.239 e. The number of hydrogen-bond donors (Lipinski definition) is 2. The van der Waals surface area contributed by atoms with E-state index < -0.39 is 33.4 Å². The summed E-state index contributed by atoms with van der Waals surface area (Å²) in [5, 5.41) is 2.32. The predicted molar refractivity (Wildman–Crippen MR) is 79.2 cm³/mol. The quantitative estimate of drug-likeness (QED) is 0.516. The van der Waals surface area contributed by atoms with Gasteiger partial charge in [0.05, 0.1) is 0 Å². The van der Waals surface area contributed by atoms with E-state index in [2.05, 4.69) is 5.32 Å². The second kappa shape index (κ2) is 9.49. The summed E-state index contributed by atoms with van der Waals surface area (Å²) in [6.45, 7) is 1.81. The van der Waals surface area contributed by atoms with E-state index in [-0.39, 0.29) is 5.78 Å². The van der Waals surface area contributed by atoms with Gasteiger partial charge in [0.2, 0.25) is 11.8 Å². The van der Waals surface area contributed by atoms with Gasteiger partial charge in [-0.1, -0.05) is 19.8 Å². The van der Waals surface area contributed by atoms with Crippen LogP contribution < -0.4 is 11.1 Å². The van der Waals surface area contributed by atoms with E-state index in [0.717, 1.165) is 19.1 Å². The molecule has 0 spiro atoms. The van der Waals surface area contributed by atoms with Crippen LogP contribution in [0.15, 0.2) is 0 Å². The van der Waals surface area contributed by atoms with E-state index in [1.165, 1.54) is 0 Å². The summed E-state index contributed by atoms with van der Waals surface area (Å²) in [5.41, 5.74) is 5.18. The van der Waals surface area contributed by atoms with Crippen LogP contribution in [0.3, 0.4) is 0 Å². The molecule has 0 aliphatic heterocycles. The van der Waals surface area contributed by atoms with Gasteiger partial charge in [-0.05, 0) is 12.8 Å². The van der Waals surface area contributed by atoms with Crippen LogP contribution in [0.25, 0.3) is 0 Å². The third-order valence-electron chi connectivity index (χ3n) is 2.91. The second-order valence-electron chi connectivity index (χ2n) is 5.08. The number of ketones is 1. The fraction of sp³-hybridized carbons (Fsp3) is 0.769. The Hall–Kier alpha value is -1.44. The summed E-state index contributed by atoms with van der Waals surface area (Å²) in [5.74, 6) is -1.89. The van der Waals surface area contributed by atoms with E-state index in [0.29, 0.717) is 25.7 Å². The Balaban J connectivity index is 4.12. The molecule has 0 fully saturated rings. The van der Waals surface area contributed by atoms with E-state index >= 15 is 0 Å². The zero-order chi connectivity index (χ0) is 16.5. The normalized spacial score (nSPS) is 12.7. The molecule has 0 saturated heterocycles.